The number of nitrogen functional groups attached to an aromatic ring is 1. The van der Waals surface area contributed by atoms with E-state index in [1.54, 1.807) is 7.05 Å². The fourth-order valence-electron chi connectivity index (χ4n) is 1.73. The molecule has 1 aliphatic heterocycles. The number of likely N-dealkylation sites (N-methyl/N-ethyl adjacent to an activating group) is 1. The molecule has 0 radical (unpaired) electrons. The number of rotatable bonds is 2. The second kappa shape index (κ2) is 4.58. The Morgan fingerprint density at radius 3 is 2.33 bits per heavy atom. The van der Waals surface area contributed by atoms with Gasteiger partial charge in [0.15, 0.2) is 0 Å². The van der Waals surface area contributed by atoms with Gasteiger partial charge in [-0.15, -0.1) is 0 Å². The first-order valence-electron chi connectivity index (χ1n) is 5.51. The number of hydrogen-bond donors (Lipinski definition) is 1. The van der Waals surface area contributed by atoms with Gasteiger partial charge in [0.25, 0.3) is 0 Å². The Labute approximate surface area is 106 Å². The number of piperazine rings is 1. The van der Waals surface area contributed by atoms with Gasteiger partial charge in [-0.05, 0) is 24.3 Å². The van der Waals surface area contributed by atoms with Crippen LogP contribution in [0.4, 0.5) is 5.69 Å². The van der Waals surface area contributed by atoms with Gasteiger partial charge < -0.3 is 10.6 Å². The van der Waals surface area contributed by atoms with Gasteiger partial charge in [0.2, 0.25) is 15.9 Å². The highest BCUT2D eigenvalue weighted by Gasteiger charge is 2.31. The number of carbonyl (C=O) groups is 1. The lowest BCUT2D eigenvalue weighted by Crippen LogP contribution is -2.50. The van der Waals surface area contributed by atoms with Crippen molar-refractivity contribution in [1.29, 1.82) is 0 Å². The van der Waals surface area contributed by atoms with Crippen LogP contribution >= 0.6 is 0 Å². The third kappa shape index (κ3) is 2.32. The zero-order valence-corrected chi connectivity index (χ0v) is 10.9. The molecule has 1 amide bonds. The van der Waals surface area contributed by atoms with E-state index in [0.29, 0.717) is 18.8 Å². The van der Waals surface area contributed by atoms with Crippen molar-refractivity contribution < 1.29 is 13.2 Å². The van der Waals surface area contributed by atoms with Crippen LogP contribution in [0.1, 0.15) is 0 Å². The largest absolute Gasteiger partial charge is 0.399 e. The third-order valence-corrected chi connectivity index (χ3v) is 4.80. The second-order valence-corrected chi connectivity index (χ2v) is 6.16. The highest BCUT2D eigenvalue weighted by Crippen LogP contribution is 2.18. The van der Waals surface area contributed by atoms with E-state index in [9.17, 15) is 13.2 Å². The number of carbonyl (C=O) groups excluding carboxylic acids is 1. The molecule has 18 heavy (non-hydrogen) atoms. The summed E-state index contributed by atoms with van der Waals surface area (Å²) >= 11 is 0. The van der Waals surface area contributed by atoms with Crippen molar-refractivity contribution in [2.45, 2.75) is 4.90 Å². The summed E-state index contributed by atoms with van der Waals surface area (Å²) in [4.78, 5) is 13.2. The van der Waals surface area contributed by atoms with Gasteiger partial charge in [-0.3, -0.25) is 4.79 Å². The Balaban J connectivity index is 2.26. The van der Waals surface area contributed by atoms with E-state index >= 15 is 0 Å². The summed E-state index contributed by atoms with van der Waals surface area (Å²) in [5, 5.41) is 0. The number of amides is 1. The summed E-state index contributed by atoms with van der Waals surface area (Å²) < 4.78 is 25.7. The monoisotopic (exact) mass is 269 g/mol. The highest BCUT2D eigenvalue weighted by atomic mass is 32.2. The van der Waals surface area contributed by atoms with Crippen LogP contribution < -0.4 is 5.73 Å². The normalized spacial score (nSPS) is 18.1. The summed E-state index contributed by atoms with van der Waals surface area (Å²) in [6.45, 7) is 0.616. The molecule has 6 nitrogen and oxygen atoms in total. The minimum absolute atomic E-state index is 0.108. The molecule has 0 saturated carbocycles. The van der Waals surface area contributed by atoms with Crippen molar-refractivity contribution in [3.05, 3.63) is 24.3 Å². The molecule has 0 bridgehead atoms. The molecule has 98 valence electrons. The van der Waals surface area contributed by atoms with Gasteiger partial charge in [0.1, 0.15) is 0 Å². The van der Waals surface area contributed by atoms with E-state index in [2.05, 4.69) is 0 Å². The van der Waals surface area contributed by atoms with Crippen LogP contribution in [0.5, 0.6) is 0 Å². The third-order valence-electron chi connectivity index (χ3n) is 2.94. The van der Waals surface area contributed by atoms with Gasteiger partial charge in [-0.25, -0.2) is 8.42 Å². The molecule has 0 aromatic heterocycles. The van der Waals surface area contributed by atoms with Crippen LogP contribution in [0.2, 0.25) is 0 Å². The summed E-state index contributed by atoms with van der Waals surface area (Å²) in [7, 11) is -1.94. The number of nitrogens with zero attached hydrogens (tertiary/aromatic N) is 2. The number of nitrogens with two attached hydrogens (primary N) is 1. The summed E-state index contributed by atoms with van der Waals surface area (Å²) in [6.07, 6.45) is 0. The Hall–Kier alpha value is -1.60. The zero-order valence-electron chi connectivity index (χ0n) is 10.0. The van der Waals surface area contributed by atoms with Crippen molar-refractivity contribution in [3.8, 4) is 0 Å². The molecule has 0 unspecified atom stereocenters. The van der Waals surface area contributed by atoms with E-state index in [1.807, 2.05) is 0 Å². The van der Waals surface area contributed by atoms with Crippen molar-refractivity contribution in [1.82, 2.24) is 9.21 Å². The summed E-state index contributed by atoms with van der Waals surface area (Å²) in [6, 6.07) is 5.97. The number of anilines is 1. The van der Waals surface area contributed by atoms with E-state index in [0.717, 1.165) is 0 Å². The second-order valence-electron chi connectivity index (χ2n) is 4.22. The minimum Gasteiger partial charge on any atom is -0.399 e. The standard InChI is InChI=1S/C11H15N3O3S/c1-13-6-7-14(8-11(13)15)18(16,17)10-4-2-9(12)3-5-10/h2-5H,6-8,12H2,1H3. The quantitative estimate of drug-likeness (QED) is 0.749. The average Bonchev–Trinajstić information content (AvgIpc) is 2.33. The van der Waals surface area contributed by atoms with Crippen molar-refractivity contribution in [3.63, 3.8) is 0 Å². The fraction of sp³-hybridized carbons (Fsp3) is 0.364. The fourth-order valence-corrected chi connectivity index (χ4v) is 3.11. The Morgan fingerprint density at radius 1 is 1.17 bits per heavy atom. The predicted molar refractivity (Wildman–Crippen MR) is 67.3 cm³/mol. The average molecular weight is 269 g/mol. The van der Waals surface area contributed by atoms with Gasteiger partial charge in [-0.1, -0.05) is 0 Å². The first-order chi connectivity index (χ1) is 8.41. The van der Waals surface area contributed by atoms with E-state index in [-0.39, 0.29) is 17.3 Å². The summed E-state index contributed by atoms with van der Waals surface area (Å²) in [5.74, 6) is -0.194. The maximum atomic E-state index is 12.3. The molecule has 1 saturated heterocycles. The van der Waals surface area contributed by atoms with Crippen LogP contribution in [0.3, 0.4) is 0 Å². The smallest absolute Gasteiger partial charge is 0.243 e. The molecule has 2 N–H and O–H groups in total. The van der Waals surface area contributed by atoms with Crippen LogP contribution in [0, 0.1) is 0 Å². The van der Waals surface area contributed by atoms with Gasteiger partial charge in [0, 0.05) is 25.8 Å². The lowest BCUT2D eigenvalue weighted by molar-refractivity contribution is -0.132. The lowest BCUT2D eigenvalue weighted by atomic mass is 10.3. The molecule has 1 heterocycles. The Bertz CT molecular complexity index is 553. The highest BCUT2D eigenvalue weighted by molar-refractivity contribution is 7.89. The molecular weight excluding hydrogens is 254 g/mol. The molecule has 0 spiro atoms. The minimum atomic E-state index is -3.60. The first-order valence-corrected chi connectivity index (χ1v) is 6.95. The predicted octanol–water partition coefficient (Wildman–Crippen LogP) is -0.269. The molecule has 0 atom stereocenters. The molecule has 2 rings (SSSR count). The first kappa shape index (κ1) is 12.8. The maximum Gasteiger partial charge on any atom is 0.243 e. The maximum absolute atomic E-state index is 12.3. The Kier molecular flexibility index (Phi) is 3.27. The van der Waals surface area contributed by atoms with Crippen molar-refractivity contribution >= 4 is 21.6 Å². The van der Waals surface area contributed by atoms with Gasteiger partial charge in [-0.2, -0.15) is 4.31 Å². The molecule has 1 aromatic carbocycles. The molecular formula is C11H15N3O3S. The number of hydrogen-bond acceptors (Lipinski definition) is 4. The van der Waals surface area contributed by atoms with Crippen molar-refractivity contribution in [2.24, 2.45) is 0 Å². The van der Waals surface area contributed by atoms with E-state index < -0.39 is 10.0 Å². The molecule has 1 aliphatic rings. The van der Waals surface area contributed by atoms with E-state index in [1.165, 1.54) is 33.5 Å². The number of benzene rings is 1. The molecule has 1 aromatic rings. The van der Waals surface area contributed by atoms with Crippen LogP contribution in [0.15, 0.2) is 29.2 Å². The van der Waals surface area contributed by atoms with Crippen molar-refractivity contribution in [2.75, 3.05) is 32.4 Å². The van der Waals surface area contributed by atoms with Crippen LogP contribution in [0.25, 0.3) is 0 Å². The molecule has 1 fully saturated rings. The molecule has 7 heteroatoms. The lowest BCUT2D eigenvalue weighted by Gasteiger charge is -2.31. The van der Waals surface area contributed by atoms with E-state index in [4.69, 9.17) is 5.73 Å². The zero-order chi connectivity index (χ0) is 13.3. The topological polar surface area (TPSA) is 83.7 Å². The van der Waals surface area contributed by atoms with Gasteiger partial charge in [0.05, 0.1) is 11.4 Å². The molecule has 0 aliphatic carbocycles. The summed E-state index contributed by atoms with van der Waals surface area (Å²) in [5.41, 5.74) is 6.02. The Morgan fingerprint density at radius 2 is 1.78 bits per heavy atom. The van der Waals surface area contributed by atoms with Gasteiger partial charge >= 0.3 is 0 Å². The SMILES string of the molecule is CN1CCN(S(=O)(=O)c2ccc(N)cc2)CC1=O. The number of sulfonamides is 1. The van der Waals surface area contributed by atoms with Crippen LogP contribution in [-0.4, -0.2) is 50.2 Å². The van der Waals surface area contributed by atoms with Crippen LogP contribution in [-0.2, 0) is 14.8 Å².